The number of sulfone groups is 1. The van der Waals surface area contributed by atoms with Crippen molar-refractivity contribution in [1.29, 1.82) is 0 Å². The molecule has 0 saturated carbocycles. The van der Waals surface area contributed by atoms with Crippen molar-refractivity contribution in [1.82, 2.24) is 10.6 Å². The largest absolute Gasteiger partial charge is 0.348 e. The molecule has 1 aromatic carbocycles. The molecule has 23 heavy (non-hydrogen) atoms. The number of amides is 1. The molecular weight excluding hydrogens is 312 g/mol. The molecule has 1 saturated heterocycles. The van der Waals surface area contributed by atoms with E-state index in [1.807, 2.05) is 18.2 Å². The van der Waals surface area contributed by atoms with Crippen molar-refractivity contribution < 1.29 is 13.2 Å². The zero-order valence-electron chi connectivity index (χ0n) is 13.5. The molecule has 1 aromatic rings. The number of nitrogens with one attached hydrogen (secondary N) is 2. The van der Waals surface area contributed by atoms with Crippen LogP contribution in [-0.2, 0) is 21.1 Å². The Morgan fingerprint density at radius 2 is 1.96 bits per heavy atom. The molecule has 1 fully saturated rings. The van der Waals surface area contributed by atoms with Crippen LogP contribution < -0.4 is 10.6 Å². The molecule has 5 nitrogen and oxygen atoms in total. The Morgan fingerprint density at radius 3 is 2.65 bits per heavy atom. The van der Waals surface area contributed by atoms with Crippen molar-refractivity contribution in [3.8, 4) is 0 Å². The van der Waals surface area contributed by atoms with Gasteiger partial charge in [0.25, 0.3) is 0 Å². The molecule has 1 heterocycles. The van der Waals surface area contributed by atoms with E-state index < -0.39 is 14.6 Å². The van der Waals surface area contributed by atoms with Crippen LogP contribution in [0.1, 0.15) is 42.9 Å². The number of benzene rings is 1. The second-order valence-corrected chi connectivity index (χ2v) is 8.96. The first-order chi connectivity index (χ1) is 10.9. The molecule has 3 rings (SSSR count). The summed E-state index contributed by atoms with van der Waals surface area (Å²) in [5.41, 5.74) is 2.38. The summed E-state index contributed by atoms with van der Waals surface area (Å²) < 4.78 is 23.4. The van der Waals surface area contributed by atoms with Crippen LogP contribution in [0.25, 0.3) is 0 Å². The van der Waals surface area contributed by atoms with Crippen molar-refractivity contribution in [3.05, 3.63) is 35.4 Å². The molecule has 1 aliphatic heterocycles. The van der Waals surface area contributed by atoms with E-state index in [0.717, 1.165) is 24.8 Å². The van der Waals surface area contributed by atoms with E-state index in [4.69, 9.17) is 0 Å². The van der Waals surface area contributed by atoms with Gasteiger partial charge in [0, 0.05) is 6.26 Å². The number of piperidine rings is 1. The van der Waals surface area contributed by atoms with Crippen LogP contribution >= 0.6 is 0 Å². The van der Waals surface area contributed by atoms with Crippen LogP contribution in [0.15, 0.2) is 24.3 Å². The Labute approximate surface area is 137 Å². The number of fused-ring (bicyclic) bond motifs is 1. The van der Waals surface area contributed by atoms with Crippen molar-refractivity contribution in [2.24, 2.45) is 0 Å². The highest BCUT2D eigenvalue weighted by Gasteiger charge is 2.49. The minimum Gasteiger partial charge on any atom is -0.348 e. The van der Waals surface area contributed by atoms with Crippen LogP contribution in [0.5, 0.6) is 0 Å². The van der Waals surface area contributed by atoms with Crippen LogP contribution in [-0.4, -0.2) is 38.4 Å². The highest BCUT2D eigenvalue weighted by atomic mass is 32.2. The third-order valence-electron chi connectivity index (χ3n) is 5.21. The van der Waals surface area contributed by atoms with Crippen molar-refractivity contribution in [2.45, 2.75) is 42.9 Å². The van der Waals surface area contributed by atoms with E-state index >= 15 is 0 Å². The fraction of sp³-hybridized carbons (Fsp3) is 0.588. The Morgan fingerprint density at radius 1 is 1.26 bits per heavy atom. The standard InChI is InChI=1S/C17H24N2O3S/c1-23(21,22)17(9-11-18-12-10-17)16(20)19-15-8-4-6-13-5-2-3-7-14(13)15/h2-3,5,7,15,18H,4,6,8-12H2,1H3,(H,19,20). The van der Waals surface area contributed by atoms with Gasteiger partial charge in [-0.1, -0.05) is 24.3 Å². The van der Waals surface area contributed by atoms with Gasteiger partial charge in [-0.05, 0) is 56.3 Å². The highest BCUT2D eigenvalue weighted by Crippen LogP contribution is 2.33. The Kier molecular flexibility index (Phi) is 4.47. The van der Waals surface area contributed by atoms with Crippen LogP contribution in [0.4, 0.5) is 0 Å². The average molecular weight is 336 g/mol. The zero-order chi connectivity index (χ0) is 16.5. The summed E-state index contributed by atoms with van der Waals surface area (Å²) in [4.78, 5) is 12.9. The van der Waals surface area contributed by atoms with E-state index in [1.165, 1.54) is 11.8 Å². The van der Waals surface area contributed by atoms with E-state index in [1.54, 1.807) is 0 Å². The maximum absolute atomic E-state index is 12.9. The molecule has 0 bridgehead atoms. The minimum absolute atomic E-state index is 0.0824. The number of carbonyl (C=O) groups excluding carboxylic acids is 1. The van der Waals surface area contributed by atoms with Crippen molar-refractivity contribution in [3.63, 3.8) is 0 Å². The first kappa shape index (κ1) is 16.5. The predicted molar refractivity (Wildman–Crippen MR) is 89.9 cm³/mol. The molecule has 0 radical (unpaired) electrons. The molecule has 1 amide bonds. The fourth-order valence-corrected chi connectivity index (χ4v) is 5.13. The summed E-state index contributed by atoms with van der Waals surface area (Å²) in [6.07, 6.45) is 4.75. The summed E-state index contributed by atoms with van der Waals surface area (Å²) in [7, 11) is -3.47. The van der Waals surface area contributed by atoms with E-state index in [9.17, 15) is 13.2 Å². The number of hydrogen-bond donors (Lipinski definition) is 2. The van der Waals surface area contributed by atoms with Gasteiger partial charge in [-0.2, -0.15) is 0 Å². The number of aryl methyl sites for hydroxylation is 1. The lowest BCUT2D eigenvalue weighted by molar-refractivity contribution is -0.125. The maximum atomic E-state index is 12.9. The predicted octanol–water partition coefficient (Wildman–Crippen LogP) is 1.35. The van der Waals surface area contributed by atoms with Gasteiger partial charge in [-0.3, -0.25) is 4.79 Å². The zero-order valence-corrected chi connectivity index (χ0v) is 14.3. The Balaban J connectivity index is 1.86. The second kappa shape index (κ2) is 6.24. The monoisotopic (exact) mass is 336 g/mol. The maximum Gasteiger partial charge on any atom is 0.242 e. The molecule has 2 aliphatic rings. The molecule has 6 heteroatoms. The molecule has 1 aliphatic carbocycles. The van der Waals surface area contributed by atoms with E-state index in [0.29, 0.717) is 25.9 Å². The van der Waals surface area contributed by atoms with E-state index in [2.05, 4.69) is 16.7 Å². The first-order valence-electron chi connectivity index (χ1n) is 8.23. The second-order valence-electron chi connectivity index (χ2n) is 6.63. The lowest BCUT2D eigenvalue weighted by Gasteiger charge is -2.36. The quantitative estimate of drug-likeness (QED) is 0.874. The lowest BCUT2D eigenvalue weighted by Crippen LogP contribution is -2.57. The van der Waals surface area contributed by atoms with Gasteiger partial charge >= 0.3 is 0 Å². The lowest BCUT2D eigenvalue weighted by atomic mass is 9.87. The van der Waals surface area contributed by atoms with Gasteiger partial charge in [-0.15, -0.1) is 0 Å². The molecule has 0 aromatic heterocycles. The van der Waals surface area contributed by atoms with Crippen LogP contribution in [0.2, 0.25) is 0 Å². The van der Waals surface area contributed by atoms with Gasteiger partial charge in [0.05, 0.1) is 6.04 Å². The Hall–Kier alpha value is -1.40. The van der Waals surface area contributed by atoms with Crippen molar-refractivity contribution >= 4 is 15.7 Å². The van der Waals surface area contributed by atoms with Gasteiger partial charge in [0.2, 0.25) is 5.91 Å². The minimum atomic E-state index is -3.47. The molecule has 1 unspecified atom stereocenters. The third-order valence-corrected chi connectivity index (χ3v) is 7.22. The van der Waals surface area contributed by atoms with E-state index in [-0.39, 0.29) is 11.9 Å². The van der Waals surface area contributed by atoms with Gasteiger partial charge < -0.3 is 10.6 Å². The van der Waals surface area contributed by atoms with Crippen molar-refractivity contribution in [2.75, 3.05) is 19.3 Å². The van der Waals surface area contributed by atoms with Gasteiger partial charge in [0.15, 0.2) is 14.6 Å². The van der Waals surface area contributed by atoms with Gasteiger partial charge in [-0.25, -0.2) is 8.42 Å². The molecule has 126 valence electrons. The van der Waals surface area contributed by atoms with Crippen LogP contribution in [0.3, 0.4) is 0 Å². The average Bonchev–Trinajstić information content (AvgIpc) is 2.55. The molecule has 1 atom stereocenters. The summed E-state index contributed by atoms with van der Waals surface area (Å²) in [5, 5.41) is 6.19. The number of rotatable bonds is 3. The SMILES string of the molecule is CS(=O)(=O)C1(C(=O)NC2CCCc3ccccc32)CCNCC1. The number of carbonyl (C=O) groups is 1. The molecule has 0 spiro atoms. The highest BCUT2D eigenvalue weighted by molar-refractivity contribution is 7.92. The summed E-state index contributed by atoms with van der Waals surface area (Å²) in [6, 6.07) is 8.02. The first-order valence-corrected chi connectivity index (χ1v) is 10.1. The third kappa shape index (κ3) is 3.02. The molecule has 2 N–H and O–H groups in total. The molecular formula is C17H24N2O3S. The Bertz CT molecular complexity index is 694. The van der Waals surface area contributed by atoms with Crippen LogP contribution in [0, 0.1) is 0 Å². The van der Waals surface area contributed by atoms with Gasteiger partial charge in [0.1, 0.15) is 0 Å². The smallest absolute Gasteiger partial charge is 0.242 e. The summed E-state index contributed by atoms with van der Waals surface area (Å²) in [5.74, 6) is -0.330. The topological polar surface area (TPSA) is 75.3 Å². The summed E-state index contributed by atoms with van der Waals surface area (Å²) >= 11 is 0. The normalized spacial score (nSPS) is 23.8. The number of hydrogen-bond acceptors (Lipinski definition) is 4. The summed E-state index contributed by atoms with van der Waals surface area (Å²) in [6.45, 7) is 1.11. The fourth-order valence-electron chi connectivity index (χ4n) is 3.79.